The highest BCUT2D eigenvalue weighted by Crippen LogP contribution is 2.43. The van der Waals surface area contributed by atoms with Gasteiger partial charge in [0.25, 0.3) is 0 Å². The fourth-order valence-corrected chi connectivity index (χ4v) is 10.5. The summed E-state index contributed by atoms with van der Waals surface area (Å²) in [6.45, 7) is 4.28. The minimum absolute atomic E-state index is 0.0199. The molecule has 2 atom stereocenters. The lowest BCUT2D eigenvalue weighted by Gasteiger charge is -2.24. The number of esters is 2. The summed E-state index contributed by atoms with van der Waals surface area (Å²) in [5.41, 5.74) is 0. The molecule has 0 saturated carbocycles. The van der Waals surface area contributed by atoms with Crippen LogP contribution in [0, 0.1) is 0 Å². The van der Waals surface area contributed by atoms with E-state index in [1.54, 1.807) is 0 Å². The first-order chi connectivity index (χ1) is 41.0. The molecule has 1 N–H and O–H groups in total. The number of hydrogen-bond acceptors (Lipinski definition) is 7. The van der Waals surface area contributed by atoms with Crippen LogP contribution in [0.1, 0.15) is 309 Å². The Bertz CT molecular complexity index is 1740. The molecular formula is C74H133NO8P+. The minimum Gasteiger partial charge on any atom is -0.462 e. The second-order valence-corrected chi connectivity index (χ2v) is 26.0. The summed E-state index contributed by atoms with van der Waals surface area (Å²) in [5, 5.41) is 0. The van der Waals surface area contributed by atoms with Crippen molar-refractivity contribution in [3.05, 3.63) is 97.2 Å². The Hall–Kier alpha value is -3.07. The summed E-state index contributed by atoms with van der Waals surface area (Å²) in [6, 6.07) is 0. The van der Waals surface area contributed by atoms with Crippen molar-refractivity contribution >= 4 is 19.8 Å². The minimum atomic E-state index is -4.41. The lowest BCUT2D eigenvalue weighted by Crippen LogP contribution is -2.37. The smallest absolute Gasteiger partial charge is 0.462 e. The Morgan fingerprint density at radius 2 is 0.679 bits per heavy atom. The maximum Gasteiger partial charge on any atom is 0.472 e. The van der Waals surface area contributed by atoms with Gasteiger partial charge in [-0.1, -0.05) is 297 Å². The predicted octanol–water partition coefficient (Wildman–Crippen LogP) is 22.7. The van der Waals surface area contributed by atoms with Gasteiger partial charge < -0.3 is 18.9 Å². The first-order valence-electron chi connectivity index (χ1n) is 35.0. The van der Waals surface area contributed by atoms with Crippen molar-refractivity contribution in [2.45, 2.75) is 315 Å². The van der Waals surface area contributed by atoms with Gasteiger partial charge in [0.15, 0.2) is 6.10 Å². The van der Waals surface area contributed by atoms with Crippen LogP contribution >= 0.6 is 7.82 Å². The van der Waals surface area contributed by atoms with E-state index in [-0.39, 0.29) is 32.0 Å². The molecule has 0 aliphatic heterocycles. The van der Waals surface area contributed by atoms with Crippen LogP contribution in [0.25, 0.3) is 0 Å². The molecule has 0 amide bonds. The van der Waals surface area contributed by atoms with Crippen molar-refractivity contribution in [2.24, 2.45) is 0 Å². The van der Waals surface area contributed by atoms with Gasteiger partial charge in [-0.2, -0.15) is 0 Å². The highest BCUT2D eigenvalue weighted by molar-refractivity contribution is 7.47. The highest BCUT2D eigenvalue weighted by Gasteiger charge is 2.27. The quantitative estimate of drug-likeness (QED) is 0.0211. The summed E-state index contributed by atoms with van der Waals surface area (Å²) >= 11 is 0. The zero-order valence-electron chi connectivity index (χ0n) is 55.4. The maximum absolute atomic E-state index is 12.8. The van der Waals surface area contributed by atoms with E-state index in [2.05, 4.69) is 111 Å². The van der Waals surface area contributed by atoms with E-state index in [1.807, 2.05) is 21.1 Å². The molecule has 0 spiro atoms. The van der Waals surface area contributed by atoms with Crippen molar-refractivity contribution < 1.29 is 42.1 Å². The number of carbonyl (C=O) groups excluding carboxylic acids is 2. The first-order valence-corrected chi connectivity index (χ1v) is 36.5. The zero-order chi connectivity index (χ0) is 61.2. The average molecular weight is 1200 g/mol. The van der Waals surface area contributed by atoms with Crippen LogP contribution < -0.4 is 0 Å². The molecule has 2 unspecified atom stereocenters. The molecule has 486 valence electrons. The van der Waals surface area contributed by atoms with Crippen molar-refractivity contribution in [2.75, 3.05) is 47.5 Å². The van der Waals surface area contributed by atoms with Crippen molar-refractivity contribution in [3.63, 3.8) is 0 Å². The van der Waals surface area contributed by atoms with E-state index >= 15 is 0 Å². The topological polar surface area (TPSA) is 108 Å². The third-order valence-electron chi connectivity index (χ3n) is 15.1. The van der Waals surface area contributed by atoms with E-state index in [9.17, 15) is 19.0 Å². The van der Waals surface area contributed by atoms with E-state index < -0.39 is 26.5 Å². The van der Waals surface area contributed by atoms with Crippen LogP contribution in [-0.2, 0) is 32.7 Å². The standard InChI is InChI=1S/C74H132NO8P/c1-6-8-10-12-14-16-18-20-22-24-26-28-29-30-31-32-33-34-35-36-37-38-39-40-41-42-43-44-45-47-48-50-52-54-56-58-60-62-64-66-73(76)80-70-72(71-82-84(78,79)81-69-68-75(3,4)5)83-74(77)67-65-63-61-59-57-55-53-51-49-46-27-25-23-21-19-17-15-13-11-9-7-2/h9,11,15,17-18,20-21,23-24,26-27,46,51,53,57,59,72H,6-8,10,12-14,16,19,22,25,28-45,47-50,52,54-56,58,60-71H2,1-5H3/p+1/b11-9-,17-15-,20-18-,23-21-,26-24-,46-27-,53-51-,59-57-. The Labute approximate surface area is 519 Å². The zero-order valence-corrected chi connectivity index (χ0v) is 56.3. The average Bonchev–Trinajstić information content (AvgIpc) is 3.61. The van der Waals surface area contributed by atoms with Gasteiger partial charge in [0.2, 0.25) is 0 Å². The molecule has 0 aromatic heterocycles. The molecule has 0 bridgehead atoms. The van der Waals surface area contributed by atoms with Crippen molar-refractivity contribution in [1.82, 2.24) is 0 Å². The van der Waals surface area contributed by atoms with Crippen molar-refractivity contribution in [3.8, 4) is 0 Å². The van der Waals surface area contributed by atoms with Crippen LogP contribution in [0.15, 0.2) is 97.2 Å². The number of allylic oxidation sites excluding steroid dienone is 16. The second-order valence-electron chi connectivity index (χ2n) is 24.5. The number of phosphoric ester groups is 1. The molecule has 0 saturated heterocycles. The van der Waals surface area contributed by atoms with Gasteiger partial charge in [-0.3, -0.25) is 18.6 Å². The summed E-state index contributed by atoms with van der Waals surface area (Å²) in [7, 11) is 1.45. The predicted molar refractivity (Wildman–Crippen MR) is 362 cm³/mol. The molecule has 0 radical (unpaired) electrons. The molecular weight excluding hydrogens is 1060 g/mol. The van der Waals surface area contributed by atoms with Crippen molar-refractivity contribution in [1.29, 1.82) is 0 Å². The Kier molecular flexibility index (Phi) is 62.1. The normalized spacial score (nSPS) is 13.7. The molecule has 0 aromatic rings. The first kappa shape index (κ1) is 80.9. The van der Waals surface area contributed by atoms with Gasteiger partial charge in [0.05, 0.1) is 27.7 Å². The fraction of sp³-hybridized carbons (Fsp3) is 0.757. The molecule has 84 heavy (non-hydrogen) atoms. The summed E-state index contributed by atoms with van der Waals surface area (Å²) in [5.74, 6) is -0.843. The molecule has 10 heteroatoms. The van der Waals surface area contributed by atoms with Gasteiger partial charge in [0, 0.05) is 12.8 Å². The summed E-state index contributed by atoms with van der Waals surface area (Å²) in [4.78, 5) is 35.8. The number of likely N-dealkylation sites (N-methyl/N-ethyl adjacent to an activating group) is 1. The highest BCUT2D eigenvalue weighted by atomic mass is 31.2. The van der Waals surface area contributed by atoms with E-state index in [0.717, 1.165) is 77.0 Å². The Morgan fingerprint density at radius 3 is 1.04 bits per heavy atom. The third kappa shape index (κ3) is 68.0. The molecule has 0 aliphatic carbocycles. The maximum atomic E-state index is 12.8. The van der Waals surface area contributed by atoms with Crippen LogP contribution in [-0.4, -0.2) is 74.9 Å². The summed E-state index contributed by atoms with van der Waals surface area (Å²) in [6.07, 6.45) is 89.7. The lowest BCUT2D eigenvalue weighted by molar-refractivity contribution is -0.870. The number of hydrogen-bond donors (Lipinski definition) is 1. The second kappa shape index (κ2) is 64.4. The lowest BCUT2D eigenvalue weighted by atomic mass is 10.0. The third-order valence-corrected chi connectivity index (χ3v) is 16.1. The molecule has 0 aromatic carbocycles. The van der Waals surface area contributed by atoms with Crippen LogP contribution in [0.5, 0.6) is 0 Å². The molecule has 0 aliphatic rings. The number of carbonyl (C=O) groups is 2. The molecule has 0 fully saturated rings. The monoisotopic (exact) mass is 1190 g/mol. The van der Waals surface area contributed by atoms with Crippen LogP contribution in [0.2, 0.25) is 0 Å². The van der Waals surface area contributed by atoms with Crippen LogP contribution in [0.3, 0.4) is 0 Å². The molecule has 0 rings (SSSR count). The van der Waals surface area contributed by atoms with Gasteiger partial charge >= 0.3 is 19.8 Å². The SMILES string of the molecule is CC/C=C\C/C=C\C/C=C\C/C=C\C/C=C\C/C=C\CCCCC(=O)OC(COC(=O)CCCCCCCCCCCCCCCCCCCCCCCCCCCCC/C=C\C/C=C\CCCCCCC)COP(=O)(O)OCC[N+](C)(C)C. The summed E-state index contributed by atoms with van der Waals surface area (Å²) < 4.78 is 34.6. The number of nitrogens with zero attached hydrogens (tertiary/aromatic N) is 1. The number of rotatable bonds is 64. The fourth-order valence-electron chi connectivity index (χ4n) is 9.76. The number of phosphoric acid groups is 1. The number of unbranched alkanes of at least 4 members (excludes halogenated alkanes) is 34. The van der Waals surface area contributed by atoms with Crippen LogP contribution in [0.4, 0.5) is 0 Å². The van der Waals surface area contributed by atoms with Gasteiger partial charge in [0.1, 0.15) is 19.8 Å². The van der Waals surface area contributed by atoms with E-state index in [1.165, 1.54) is 199 Å². The number of ether oxygens (including phenoxy) is 2. The Balaban J connectivity index is 3.97. The molecule has 9 nitrogen and oxygen atoms in total. The van der Waals surface area contributed by atoms with E-state index in [4.69, 9.17) is 18.5 Å². The molecule has 0 heterocycles. The largest absolute Gasteiger partial charge is 0.472 e. The van der Waals surface area contributed by atoms with Gasteiger partial charge in [-0.25, -0.2) is 4.57 Å². The van der Waals surface area contributed by atoms with Gasteiger partial charge in [-0.05, 0) is 96.3 Å². The Morgan fingerprint density at radius 1 is 0.381 bits per heavy atom. The van der Waals surface area contributed by atoms with E-state index in [0.29, 0.717) is 17.4 Å². The number of quaternary nitrogens is 1. The van der Waals surface area contributed by atoms with Gasteiger partial charge in [-0.15, -0.1) is 0 Å².